The molecule has 0 aliphatic carbocycles. The highest BCUT2D eigenvalue weighted by Crippen LogP contribution is 2.19. The van der Waals surface area contributed by atoms with Gasteiger partial charge in [-0.2, -0.15) is 0 Å². The number of nitrogens with two attached hydrogens (primary N) is 1. The van der Waals surface area contributed by atoms with Gasteiger partial charge in [0.15, 0.2) is 0 Å². The van der Waals surface area contributed by atoms with Gasteiger partial charge in [0.1, 0.15) is 23.9 Å². The zero-order valence-corrected chi connectivity index (χ0v) is 20.8. The van der Waals surface area contributed by atoms with Gasteiger partial charge in [-0.05, 0) is 35.7 Å². The number of aromatic nitrogens is 1. The minimum Gasteiger partial charge on any atom is -0.508 e. The minimum atomic E-state index is -1.64. The van der Waals surface area contributed by atoms with E-state index >= 15 is 0 Å². The van der Waals surface area contributed by atoms with Crippen LogP contribution in [0.1, 0.15) is 11.1 Å². The van der Waals surface area contributed by atoms with Gasteiger partial charge in [0.2, 0.25) is 17.7 Å². The van der Waals surface area contributed by atoms with Crippen LogP contribution in [-0.4, -0.2) is 86.5 Å². The van der Waals surface area contributed by atoms with Gasteiger partial charge in [0.05, 0.1) is 19.3 Å². The van der Waals surface area contributed by atoms with Crippen LogP contribution in [0.15, 0.2) is 54.7 Å². The highest BCUT2D eigenvalue weighted by Gasteiger charge is 2.30. The van der Waals surface area contributed by atoms with E-state index < -0.39 is 61.1 Å². The number of para-hydroxylation sites is 1. The van der Waals surface area contributed by atoms with Crippen molar-refractivity contribution in [3.63, 3.8) is 0 Å². The van der Waals surface area contributed by atoms with Crippen LogP contribution < -0.4 is 21.7 Å². The van der Waals surface area contributed by atoms with Crippen LogP contribution in [0.5, 0.6) is 5.75 Å². The Morgan fingerprint density at radius 2 is 1.38 bits per heavy atom. The second kappa shape index (κ2) is 13.4. The summed E-state index contributed by atoms with van der Waals surface area (Å²) in [6.07, 6.45) is 1.87. The molecule has 0 aliphatic rings. The average Bonchev–Trinajstić information content (AvgIpc) is 3.33. The molecule has 10 N–H and O–H groups in total. The third-order valence-electron chi connectivity index (χ3n) is 6.07. The lowest BCUT2D eigenvalue weighted by molar-refractivity contribution is -0.143. The molecule has 4 unspecified atom stereocenters. The van der Waals surface area contributed by atoms with E-state index in [0.29, 0.717) is 5.56 Å². The second-order valence-corrected chi connectivity index (χ2v) is 8.93. The molecule has 1 aromatic heterocycles. The molecule has 2 aromatic carbocycles. The number of aromatic amines is 1. The number of hydrogen-bond acceptors (Lipinski definition) is 8. The molecule has 0 spiro atoms. The van der Waals surface area contributed by atoms with Crippen molar-refractivity contribution in [2.45, 2.75) is 37.0 Å². The number of carboxylic acids is 1. The second-order valence-electron chi connectivity index (χ2n) is 8.93. The van der Waals surface area contributed by atoms with Crippen molar-refractivity contribution in [1.29, 1.82) is 0 Å². The summed E-state index contributed by atoms with van der Waals surface area (Å²) in [5, 5.41) is 45.2. The van der Waals surface area contributed by atoms with Crippen molar-refractivity contribution in [2.75, 3.05) is 13.2 Å². The number of carbonyl (C=O) groups is 4. The van der Waals surface area contributed by atoms with E-state index in [1.165, 1.54) is 12.1 Å². The van der Waals surface area contributed by atoms with Crippen molar-refractivity contribution in [1.82, 2.24) is 20.9 Å². The van der Waals surface area contributed by atoms with E-state index in [4.69, 9.17) is 15.9 Å². The first-order chi connectivity index (χ1) is 18.6. The van der Waals surface area contributed by atoms with E-state index in [9.17, 15) is 29.4 Å². The summed E-state index contributed by atoms with van der Waals surface area (Å²) in [5.41, 5.74) is 8.41. The maximum Gasteiger partial charge on any atom is 0.328 e. The van der Waals surface area contributed by atoms with Gasteiger partial charge >= 0.3 is 5.97 Å². The normalized spacial score (nSPS) is 14.1. The summed E-state index contributed by atoms with van der Waals surface area (Å²) in [5.74, 6) is -4.04. The Bertz CT molecular complexity index is 1310. The summed E-state index contributed by atoms with van der Waals surface area (Å²) in [7, 11) is 0. The number of aromatic hydroxyl groups is 1. The standard InChI is InChI=1S/C26H31N5O8/c27-18(10-15-11-28-19-4-2-1-3-17(15)19)23(35)29-20(9-14-5-7-16(34)8-6-14)24(36)30-21(12-32)25(37)31-22(13-33)26(38)39/h1-8,11,18,20-22,28,32-34H,9-10,12-13,27H2,(H,29,35)(H,30,36)(H,31,37)(H,38,39). The topological polar surface area (TPSA) is 227 Å². The van der Waals surface area contributed by atoms with Gasteiger partial charge in [-0.3, -0.25) is 14.4 Å². The molecule has 4 atom stereocenters. The third-order valence-corrected chi connectivity index (χ3v) is 6.07. The van der Waals surface area contributed by atoms with Crippen molar-refractivity contribution in [3.05, 3.63) is 65.9 Å². The number of carbonyl (C=O) groups excluding carboxylic acids is 3. The predicted octanol–water partition coefficient (Wildman–Crippen LogP) is -1.49. The molecule has 3 amide bonds. The fourth-order valence-corrected chi connectivity index (χ4v) is 3.91. The van der Waals surface area contributed by atoms with Crippen LogP contribution in [0.4, 0.5) is 0 Å². The molecule has 3 aromatic rings. The van der Waals surface area contributed by atoms with Crippen molar-refractivity contribution >= 4 is 34.6 Å². The van der Waals surface area contributed by atoms with Crippen molar-refractivity contribution in [3.8, 4) is 5.75 Å². The molecule has 0 radical (unpaired) electrons. The number of fused-ring (bicyclic) bond motifs is 1. The molecule has 0 bridgehead atoms. The van der Waals surface area contributed by atoms with Gasteiger partial charge in [-0.1, -0.05) is 30.3 Å². The molecule has 1 heterocycles. The van der Waals surface area contributed by atoms with Crippen LogP contribution in [0.3, 0.4) is 0 Å². The molecular weight excluding hydrogens is 510 g/mol. The van der Waals surface area contributed by atoms with Crippen LogP contribution >= 0.6 is 0 Å². The van der Waals surface area contributed by atoms with Gasteiger partial charge in [0.25, 0.3) is 0 Å². The number of nitrogens with one attached hydrogen (secondary N) is 4. The highest BCUT2D eigenvalue weighted by atomic mass is 16.4. The number of benzene rings is 2. The summed E-state index contributed by atoms with van der Waals surface area (Å²) >= 11 is 0. The molecule has 13 nitrogen and oxygen atoms in total. The Hall–Kier alpha value is -4.46. The Morgan fingerprint density at radius 1 is 0.795 bits per heavy atom. The van der Waals surface area contributed by atoms with E-state index in [-0.39, 0.29) is 18.6 Å². The van der Waals surface area contributed by atoms with Gasteiger partial charge in [0, 0.05) is 23.5 Å². The summed E-state index contributed by atoms with van der Waals surface area (Å²) in [6, 6.07) is 7.91. The minimum absolute atomic E-state index is 0.00146. The smallest absolute Gasteiger partial charge is 0.328 e. The number of rotatable bonds is 13. The summed E-state index contributed by atoms with van der Waals surface area (Å²) in [6.45, 7) is -1.78. The maximum absolute atomic E-state index is 13.1. The molecule has 208 valence electrons. The van der Waals surface area contributed by atoms with Crippen LogP contribution in [0.2, 0.25) is 0 Å². The molecule has 0 saturated heterocycles. The zero-order chi connectivity index (χ0) is 28.5. The number of H-pyrrole nitrogens is 1. The first-order valence-electron chi connectivity index (χ1n) is 12.1. The molecule has 3 rings (SSSR count). The lowest BCUT2D eigenvalue weighted by atomic mass is 10.0. The number of phenolic OH excluding ortho intramolecular Hbond substituents is 1. The highest BCUT2D eigenvalue weighted by molar-refractivity contribution is 5.94. The lowest BCUT2D eigenvalue weighted by Gasteiger charge is -2.24. The molecule has 39 heavy (non-hydrogen) atoms. The molecule has 0 aliphatic heterocycles. The largest absolute Gasteiger partial charge is 0.508 e. The number of hydrogen-bond donors (Lipinski definition) is 9. The number of amides is 3. The van der Waals surface area contributed by atoms with Gasteiger partial charge in [-0.15, -0.1) is 0 Å². The number of aliphatic hydroxyl groups is 2. The monoisotopic (exact) mass is 541 g/mol. The molecular formula is C26H31N5O8. The van der Waals surface area contributed by atoms with E-state index in [2.05, 4.69) is 15.6 Å². The molecule has 0 saturated carbocycles. The Kier molecular flexibility index (Phi) is 9.98. The quantitative estimate of drug-likeness (QED) is 0.123. The Morgan fingerprint density at radius 3 is 2.03 bits per heavy atom. The van der Waals surface area contributed by atoms with Crippen molar-refractivity contribution < 1.29 is 39.6 Å². The third kappa shape index (κ3) is 7.77. The SMILES string of the molecule is NC(Cc1c[nH]c2ccccc12)C(=O)NC(Cc1ccc(O)cc1)C(=O)NC(CO)C(=O)NC(CO)C(=O)O. The number of carboxylic acid groups (broad SMARTS) is 1. The van der Waals surface area contributed by atoms with Crippen LogP contribution in [0, 0.1) is 0 Å². The number of phenols is 1. The van der Waals surface area contributed by atoms with Crippen molar-refractivity contribution in [2.24, 2.45) is 5.73 Å². The van der Waals surface area contributed by atoms with Gasteiger partial charge in [-0.25, -0.2) is 4.79 Å². The van der Waals surface area contributed by atoms with Gasteiger partial charge < -0.3 is 47.1 Å². The number of aliphatic carboxylic acids is 1. The molecule has 13 heteroatoms. The zero-order valence-electron chi connectivity index (χ0n) is 20.8. The number of aliphatic hydroxyl groups excluding tert-OH is 2. The van der Waals surface area contributed by atoms with Crippen LogP contribution in [-0.2, 0) is 32.0 Å². The van der Waals surface area contributed by atoms with Crippen LogP contribution in [0.25, 0.3) is 10.9 Å². The Balaban J connectivity index is 1.74. The van der Waals surface area contributed by atoms with E-state index in [0.717, 1.165) is 16.5 Å². The molecule has 0 fully saturated rings. The van der Waals surface area contributed by atoms with E-state index in [1.807, 2.05) is 29.6 Å². The predicted molar refractivity (Wildman–Crippen MR) is 139 cm³/mol. The Labute approximate surface area is 223 Å². The summed E-state index contributed by atoms with van der Waals surface area (Å²) in [4.78, 5) is 52.8. The first kappa shape index (κ1) is 29.1. The fourth-order valence-electron chi connectivity index (χ4n) is 3.91. The lowest BCUT2D eigenvalue weighted by Crippen LogP contribution is -2.59. The van der Waals surface area contributed by atoms with E-state index in [1.54, 1.807) is 18.3 Å². The fraction of sp³-hybridized carbons (Fsp3) is 0.308. The summed E-state index contributed by atoms with van der Waals surface area (Å²) < 4.78 is 0. The average molecular weight is 542 g/mol. The first-order valence-corrected chi connectivity index (χ1v) is 12.1. The maximum atomic E-state index is 13.1.